The van der Waals surface area contributed by atoms with Crippen LogP contribution in [-0.2, 0) is 28.5 Å². The fourth-order valence-corrected chi connectivity index (χ4v) is 1.92. The van der Waals surface area contributed by atoms with E-state index in [1.165, 1.54) is 21.1 Å². The fourth-order valence-electron chi connectivity index (χ4n) is 1.92. The molecule has 2 saturated heterocycles. The topological polar surface area (TPSA) is 91.3 Å². The molecule has 2 aliphatic heterocycles. The van der Waals surface area contributed by atoms with E-state index in [4.69, 9.17) is 24.1 Å². The molecule has 1 unspecified atom stereocenters. The molecular formula is C13H22O7. The summed E-state index contributed by atoms with van der Waals surface area (Å²) >= 11 is 0. The van der Waals surface area contributed by atoms with Crippen LogP contribution in [0, 0.1) is 0 Å². The van der Waals surface area contributed by atoms with Crippen LogP contribution in [0.25, 0.3) is 0 Å². The average molecular weight is 290 g/mol. The number of rotatable bonds is 2. The predicted molar refractivity (Wildman–Crippen MR) is 68.3 cm³/mol. The van der Waals surface area contributed by atoms with Crippen molar-refractivity contribution in [2.45, 2.75) is 31.2 Å². The Morgan fingerprint density at radius 3 is 2.10 bits per heavy atom. The zero-order valence-corrected chi connectivity index (χ0v) is 12.1. The smallest absolute Gasteiger partial charge is 0.233 e. The third-order valence-electron chi connectivity index (χ3n) is 3.35. The minimum Gasteiger partial charge on any atom is -0.380 e. The summed E-state index contributed by atoms with van der Waals surface area (Å²) in [4.78, 5) is 22.0. The van der Waals surface area contributed by atoms with Gasteiger partial charge in [-0.05, 0) is 6.92 Å². The van der Waals surface area contributed by atoms with Gasteiger partial charge < -0.3 is 24.1 Å². The molecule has 0 saturated carbocycles. The number of ketones is 2. The molecule has 7 heteroatoms. The Balaban J connectivity index is 0.000000204. The summed E-state index contributed by atoms with van der Waals surface area (Å²) in [6.07, 6.45) is 0.811. The molecule has 0 bridgehead atoms. The molecule has 1 N–H and O–H groups in total. The van der Waals surface area contributed by atoms with E-state index in [-0.39, 0.29) is 24.8 Å². The summed E-state index contributed by atoms with van der Waals surface area (Å²) in [5.74, 6) is -1.30. The van der Waals surface area contributed by atoms with Gasteiger partial charge in [0.05, 0.1) is 19.8 Å². The standard InChI is InChI=1S/C7H12O4.C6H10O3/c1-9-7(10-2)3-4-11-5-6(7)8;1-6(8)4-9-3-2-5(6)7/h3-5H2,1-2H3;8H,2-4H2,1H3. The Kier molecular flexibility index (Phi) is 6.22. The first-order valence-electron chi connectivity index (χ1n) is 6.43. The average Bonchev–Trinajstić information content (AvgIpc) is 2.44. The maximum absolute atomic E-state index is 11.2. The van der Waals surface area contributed by atoms with Crippen LogP contribution in [-0.4, -0.2) is 68.7 Å². The van der Waals surface area contributed by atoms with Crippen molar-refractivity contribution >= 4 is 11.6 Å². The normalized spacial score (nSPS) is 29.6. The first-order chi connectivity index (χ1) is 9.38. The van der Waals surface area contributed by atoms with Crippen LogP contribution in [0.3, 0.4) is 0 Å². The monoisotopic (exact) mass is 290 g/mol. The van der Waals surface area contributed by atoms with Crippen molar-refractivity contribution in [3.8, 4) is 0 Å². The van der Waals surface area contributed by atoms with Gasteiger partial charge in [-0.1, -0.05) is 0 Å². The van der Waals surface area contributed by atoms with Crippen LogP contribution in [0.5, 0.6) is 0 Å². The van der Waals surface area contributed by atoms with Crippen molar-refractivity contribution in [3.63, 3.8) is 0 Å². The first-order valence-corrected chi connectivity index (χ1v) is 6.43. The molecule has 2 rings (SSSR count). The number of hydrogen-bond acceptors (Lipinski definition) is 7. The van der Waals surface area contributed by atoms with Crippen molar-refractivity contribution in [3.05, 3.63) is 0 Å². The van der Waals surface area contributed by atoms with Gasteiger partial charge >= 0.3 is 0 Å². The Morgan fingerprint density at radius 2 is 1.75 bits per heavy atom. The number of Topliss-reactive ketones (excluding diaryl/α,β-unsaturated/α-hetero) is 2. The predicted octanol–water partition coefficient (Wildman–Crippen LogP) is -0.308. The summed E-state index contributed by atoms with van der Waals surface area (Å²) in [5.41, 5.74) is -1.22. The lowest BCUT2D eigenvalue weighted by molar-refractivity contribution is -0.227. The van der Waals surface area contributed by atoms with Crippen molar-refractivity contribution in [1.82, 2.24) is 0 Å². The third kappa shape index (κ3) is 4.07. The number of hydrogen-bond donors (Lipinski definition) is 1. The molecule has 2 heterocycles. The zero-order chi connectivity index (χ0) is 15.2. The Bertz CT molecular complexity index is 347. The third-order valence-corrected chi connectivity index (χ3v) is 3.35. The van der Waals surface area contributed by atoms with Crippen molar-refractivity contribution < 1.29 is 33.6 Å². The first kappa shape index (κ1) is 17.2. The maximum atomic E-state index is 11.2. The van der Waals surface area contributed by atoms with Crippen LogP contribution in [0.15, 0.2) is 0 Å². The van der Waals surface area contributed by atoms with Crippen molar-refractivity contribution in [2.75, 3.05) is 40.6 Å². The van der Waals surface area contributed by atoms with Crippen molar-refractivity contribution in [2.24, 2.45) is 0 Å². The molecule has 2 fully saturated rings. The molecule has 0 aromatic heterocycles. The van der Waals surface area contributed by atoms with Gasteiger partial charge in [-0.25, -0.2) is 0 Å². The van der Waals surface area contributed by atoms with Gasteiger partial charge in [0, 0.05) is 27.1 Å². The van der Waals surface area contributed by atoms with Gasteiger partial charge in [0.1, 0.15) is 12.2 Å². The summed E-state index contributed by atoms with van der Waals surface area (Å²) < 4.78 is 19.8. The summed E-state index contributed by atoms with van der Waals surface area (Å²) in [7, 11) is 2.93. The lowest BCUT2D eigenvalue weighted by Gasteiger charge is -2.32. The van der Waals surface area contributed by atoms with E-state index in [0.29, 0.717) is 26.1 Å². The highest BCUT2D eigenvalue weighted by atomic mass is 16.7. The molecule has 1 atom stereocenters. The van der Waals surface area contributed by atoms with E-state index >= 15 is 0 Å². The van der Waals surface area contributed by atoms with Gasteiger partial charge in [0.25, 0.3) is 0 Å². The van der Waals surface area contributed by atoms with Crippen molar-refractivity contribution in [1.29, 1.82) is 0 Å². The van der Waals surface area contributed by atoms with Gasteiger partial charge in [0.2, 0.25) is 11.6 Å². The van der Waals surface area contributed by atoms with Gasteiger partial charge in [-0.3, -0.25) is 9.59 Å². The number of carbonyl (C=O) groups excluding carboxylic acids is 2. The molecule has 7 nitrogen and oxygen atoms in total. The Morgan fingerprint density at radius 1 is 1.10 bits per heavy atom. The number of ether oxygens (including phenoxy) is 4. The van der Waals surface area contributed by atoms with Crippen LogP contribution in [0.2, 0.25) is 0 Å². The van der Waals surface area contributed by atoms with Crippen LogP contribution >= 0.6 is 0 Å². The van der Waals surface area contributed by atoms with Gasteiger partial charge in [-0.15, -0.1) is 0 Å². The number of methoxy groups -OCH3 is 2. The molecule has 0 radical (unpaired) electrons. The molecule has 20 heavy (non-hydrogen) atoms. The molecule has 0 aromatic rings. The van der Waals surface area contributed by atoms with E-state index in [1.807, 2.05) is 0 Å². The zero-order valence-electron chi connectivity index (χ0n) is 12.1. The minimum absolute atomic E-state index is 0.0850. The van der Waals surface area contributed by atoms with Gasteiger partial charge in [0.15, 0.2) is 5.78 Å². The van der Waals surface area contributed by atoms with E-state index in [2.05, 4.69) is 0 Å². The summed E-state index contributed by atoms with van der Waals surface area (Å²) in [5, 5.41) is 9.17. The largest absolute Gasteiger partial charge is 0.380 e. The highest BCUT2D eigenvalue weighted by molar-refractivity contribution is 5.87. The van der Waals surface area contributed by atoms with E-state index < -0.39 is 11.4 Å². The van der Waals surface area contributed by atoms with E-state index in [1.54, 1.807) is 0 Å². The maximum Gasteiger partial charge on any atom is 0.233 e. The Hall–Kier alpha value is -0.860. The van der Waals surface area contributed by atoms with Crippen LogP contribution in [0.1, 0.15) is 19.8 Å². The lowest BCUT2D eigenvalue weighted by Crippen LogP contribution is -2.49. The molecule has 2 aliphatic rings. The van der Waals surface area contributed by atoms with Crippen LogP contribution < -0.4 is 0 Å². The SMILES string of the molecule is CC1(O)COCCC1=O.COC1(OC)CCOCC1=O. The molecule has 116 valence electrons. The minimum atomic E-state index is -1.22. The molecular weight excluding hydrogens is 268 g/mol. The fraction of sp³-hybridized carbons (Fsp3) is 0.846. The van der Waals surface area contributed by atoms with E-state index in [0.717, 1.165) is 0 Å². The number of aliphatic hydroxyl groups is 1. The molecule has 0 amide bonds. The van der Waals surface area contributed by atoms with Crippen LogP contribution in [0.4, 0.5) is 0 Å². The quantitative estimate of drug-likeness (QED) is 0.698. The highest BCUT2D eigenvalue weighted by Crippen LogP contribution is 2.21. The summed E-state index contributed by atoms with van der Waals surface area (Å²) in [6, 6.07) is 0. The second-order valence-corrected chi connectivity index (χ2v) is 4.89. The highest BCUT2D eigenvalue weighted by Gasteiger charge is 2.40. The lowest BCUT2D eigenvalue weighted by atomic mass is 9.98. The summed E-state index contributed by atoms with van der Waals surface area (Å²) in [6.45, 7) is 2.67. The molecule has 0 aromatic carbocycles. The molecule has 0 aliphatic carbocycles. The second kappa shape index (κ2) is 7.24. The van der Waals surface area contributed by atoms with Gasteiger partial charge in [-0.2, -0.15) is 0 Å². The second-order valence-electron chi connectivity index (χ2n) is 4.89. The Labute approximate surface area is 118 Å². The van der Waals surface area contributed by atoms with E-state index in [9.17, 15) is 9.59 Å². The molecule has 0 spiro atoms. The number of carbonyl (C=O) groups is 2.